The quantitative estimate of drug-likeness (QED) is 0.661. The van der Waals surface area contributed by atoms with E-state index < -0.39 is 0 Å². The van der Waals surface area contributed by atoms with Crippen molar-refractivity contribution in [3.8, 4) is 11.5 Å². The summed E-state index contributed by atoms with van der Waals surface area (Å²) in [4.78, 5) is 14.2. The van der Waals surface area contributed by atoms with Crippen LogP contribution in [0.25, 0.3) is 0 Å². The zero-order valence-corrected chi connectivity index (χ0v) is 13.0. The third-order valence-corrected chi connectivity index (χ3v) is 3.59. The lowest BCUT2D eigenvalue weighted by molar-refractivity contribution is -0.136. The van der Waals surface area contributed by atoms with E-state index in [1.165, 1.54) is 0 Å². The molecule has 1 N–H and O–H groups in total. The highest BCUT2D eigenvalue weighted by Gasteiger charge is 2.24. The molecule has 1 heterocycles. The minimum Gasteiger partial charge on any atom is -0.494 e. The third-order valence-electron chi connectivity index (χ3n) is 3.59. The SMILES string of the molecule is CCOc1ccc(OC(=O)CN2CC(C)NCC2C)cc1. The number of esters is 1. The second kappa shape index (κ2) is 7.43. The monoisotopic (exact) mass is 292 g/mol. The van der Waals surface area contributed by atoms with Crippen molar-refractivity contribution in [2.24, 2.45) is 0 Å². The molecule has 5 heteroatoms. The predicted octanol–water partition coefficient (Wildman–Crippen LogP) is 1.67. The molecule has 1 aliphatic rings. The number of hydrogen-bond donors (Lipinski definition) is 1. The maximum absolute atomic E-state index is 12.0. The van der Waals surface area contributed by atoms with E-state index in [0.717, 1.165) is 18.8 Å². The molecule has 0 amide bonds. The summed E-state index contributed by atoms with van der Waals surface area (Å²) in [5.74, 6) is 1.11. The Morgan fingerprint density at radius 3 is 2.62 bits per heavy atom. The maximum atomic E-state index is 12.0. The molecule has 5 nitrogen and oxygen atoms in total. The van der Waals surface area contributed by atoms with Gasteiger partial charge < -0.3 is 14.8 Å². The fourth-order valence-corrected chi connectivity index (χ4v) is 2.42. The number of rotatable bonds is 5. The molecule has 1 aromatic carbocycles. The normalized spacial score (nSPS) is 22.8. The van der Waals surface area contributed by atoms with Gasteiger partial charge in [-0.05, 0) is 45.0 Å². The molecule has 116 valence electrons. The van der Waals surface area contributed by atoms with Crippen molar-refractivity contribution in [1.82, 2.24) is 10.2 Å². The lowest BCUT2D eigenvalue weighted by Gasteiger charge is -2.36. The lowest BCUT2D eigenvalue weighted by atomic mass is 10.1. The lowest BCUT2D eigenvalue weighted by Crippen LogP contribution is -2.55. The predicted molar refractivity (Wildman–Crippen MR) is 81.7 cm³/mol. The summed E-state index contributed by atoms with van der Waals surface area (Å²) in [5, 5.41) is 3.40. The molecule has 0 aromatic heterocycles. The number of piperazine rings is 1. The molecule has 1 aromatic rings. The van der Waals surface area contributed by atoms with Gasteiger partial charge in [0.05, 0.1) is 13.2 Å². The number of carbonyl (C=O) groups excluding carboxylic acids is 1. The highest BCUT2D eigenvalue weighted by molar-refractivity contribution is 5.74. The Morgan fingerprint density at radius 2 is 1.95 bits per heavy atom. The van der Waals surface area contributed by atoms with E-state index in [2.05, 4.69) is 24.1 Å². The minimum atomic E-state index is -0.222. The van der Waals surface area contributed by atoms with Crippen molar-refractivity contribution in [1.29, 1.82) is 0 Å². The van der Waals surface area contributed by atoms with Crippen LogP contribution in [0.1, 0.15) is 20.8 Å². The van der Waals surface area contributed by atoms with Gasteiger partial charge in [-0.15, -0.1) is 0 Å². The van der Waals surface area contributed by atoms with Crippen molar-refractivity contribution < 1.29 is 14.3 Å². The molecule has 0 spiro atoms. The molecular formula is C16H24N2O3. The highest BCUT2D eigenvalue weighted by Crippen LogP contribution is 2.18. The highest BCUT2D eigenvalue weighted by atomic mass is 16.5. The van der Waals surface area contributed by atoms with Crippen molar-refractivity contribution in [3.63, 3.8) is 0 Å². The van der Waals surface area contributed by atoms with Crippen molar-refractivity contribution in [3.05, 3.63) is 24.3 Å². The van der Waals surface area contributed by atoms with E-state index in [4.69, 9.17) is 9.47 Å². The van der Waals surface area contributed by atoms with Crippen LogP contribution < -0.4 is 14.8 Å². The van der Waals surface area contributed by atoms with Crippen LogP contribution in [0.3, 0.4) is 0 Å². The zero-order chi connectivity index (χ0) is 15.2. The number of hydrogen-bond acceptors (Lipinski definition) is 5. The Labute approximate surface area is 126 Å². The molecule has 1 aliphatic heterocycles. The summed E-state index contributed by atoms with van der Waals surface area (Å²) >= 11 is 0. The summed E-state index contributed by atoms with van der Waals surface area (Å²) in [5.41, 5.74) is 0. The van der Waals surface area contributed by atoms with E-state index in [-0.39, 0.29) is 5.97 Å². The largest absolute Gasteiger partial charge is 0.494 e. The molecular weight excluding hydrogens is 268 g/mol. The summed E-state index contributed by atoms with van der Waals surface area (Å²) in [7, 11) is 0. The van der Waals surface area contributed by atoms with Gasteiger partial charge in [-0.3, -0.25) is 9.69 Å². The fourth-order valence-electron chi connectivity index (χ4n) is 2.42. The molecule has 2 atom stereocenters. The van der Waals surface area contributed by atoms with Gasteiger partial charge in [0.1, 0.15) is 11.5 Å². The van der Waals surface area contributed by atoms with Crippen LogP contribution in [0.4, 0.5) is 0 Å². The Balaban J connectivity index is 1.86. The topological polar surface area (TPSA) is 50.8 Å². The van der Waals surface area contributed by atoms with Gasteiger partial charge in [-0.25, -0.2) is 0 Å². The van der Waals surface area contributed by atoms with Gasteiger partial charge in [-0.2, -0.15) is 0 Å². The Kier molecular flexibility index (Phi) is 5.59. The summed E-state index contributed by atoms with van der Waals surface area (Å²) < 4.78 is 10.7. The Morgan fingerprint density at radius 1 is 1.29 bits per heavy atom. The molecule has 0 aliphatic carbocycles. The summed E-state index contributed by atoms with van der Waals surface area (Å²) in [6.45, 7) is 8.87. The van der Waals surface area contributed by atoms with Crippen LogP contribution in [0.2, 0.25) is 0 Å². The van der Waals surface area contributed by atoms with Crippen molar-refractivity contribution >= 4 is 5.97 Å². The molecule has 1 fully saturated rings. The van der Waals surface area contributed by atoms with Crippen molar-refractivity contribution in [2.75, 3.05) is 26.2 Å². The molecule has 0 radical (unpaired) electrons. The maximum Gasteiger partial charge on any atom is 0.325 e. The second-order valence-corrected chi connectivity index (χ2v) is 5.47. The van der Waals surface area contributed by atoms with E-state index >= 15 is 0 Å². The molecule has 0 saturated carbocycles. The summed E-state index contributed by atoms with van der Waals surface area (Å²) in [6, 6.07) is 7.87. The number of carbonyl (C=O) groups is 1. The standard InChI is InChI=1S/C16H24N2O3/c1-4-20-14-5-7-15(8-6-14)21-16(19)11-18-10-12(2)17-9-13(18)3/h5-8,12-13,17H,4,9-11H2,1-3H3. The van der Waals surface area contributed by atoms with Crippen LogP contribution in [-0.2, 0) is 4.79 Å². The Hall–Kier alpha value is -1.59. The minimum absolute atomic E-state index is 0.222. The first-order valence-electron chi connectivity index (χ1n) is 7.49. The van der Waals surface area contributed by atoms with Crippen LogP contribution in [0.5, 0.6) is 11.5 Å². The van der Waals surface area contributed by atoms with E-state index in [9.17, 15) is 4.79 Å². The van der Waals surface area contributed by atoms with Gasteiger partial charge in [0.2, 0.25) is 0 Å². The van der Waals surface area contributed by atoms with Crippen LogP contribution in [0, 0.1) is 0 Å². The number of nitrogens with zero attached hydrogens (tertiary/aromatic N) is 1. The van der Waals surface area contributed by atoms with Crippen LogP contribution in [0.15, 0.2) is 24.3 Å². The first-order valence-corrected chi connectivity index (χ1v) is 7.49. The smallest absolute Gasteiger partial charge is 0.325 e. The first-order chi connectivity index (χ1) is 10.1. The van der Waals surface area contributed by atoms with Gasteiger partial charge in [0, 0.05) is 25.2 Å². The molecule has 21 heavy (non-hydrogen) atoms. The molecule has 0 bridgehead atoms. The summed E-state index contributed by atoms with van der Waals surface area (Å²) in [6.07, 6.45) is 0. The zero-order valence-electron chi connectivity index (χ0n) is 13.0. The average Bonchev–Trinajstić information content (AvgIpc) is 2.45. The van der Waals surface area contributed by atoms with E-state index in [1.54, 1.807) is 12.1 Å². The molecule has 1 saturated heterocycles. The van der Waals surface area contributed by atoms with Gasteiger partial charge >= 0.3 is 5.97 Å². The Bertz CT molecular complexity index is 461. The molecule has 2 rings (SSSR count). The number of ether oxygens (including phenoxy) is 2. The second-order valence-electron chi connectivity index (χ2n) is 5.47. The van der Waals surface area contributed by atoms with E-state index in [1.807, 2.05) is 19.1 Å². The van der Waals surface area contributed by atoms with Crippen LogP contribution in [-0.4, -0.2) is 49.2 Å². The first kappa shape index (κ1) is 15.8. The van der Waals surface area contributed by atoms with Gasteiger partial charge in [0.25, 0.3) is 0 Å². The average molecular weight is 292 g/mol. The number of nitrogens with one attached hydrogen (secondary N) is 1. The van der Waals surface area contributed by atoms with Gasteiger partial charge in [-0.1, -0.05) is 0 Å². The van der Waals surface area contributed by atoms with Crippen LogP contribution >= 0.6 is 0 Å². The third kappa shape index (κ3) is 4.72. The van der Waals surface area contributed by atoms with Crippen molar-refractivity contribution in [2.45, 2.75) is 32.9 Å². The fraction of sp³-hybridized carbons (Fsp3) is 0.562. The molecule has 2 unspecified atom stereocenters. The van der Waals surface area contributed by atoms with E-state index in [0.29, 0.717) is 31.0 Å². The number of benzene rings is 1. The van der Waals surface area contributed by atoms with Gasteiger partial charge in [0.15, 0.2) is 0 Å².